The van der Waals surface area contributed by atoms with Gasteiger partial charge in [0.25, 0.3) is 0 Å². The van der Waals surface area contributed by atoms with E-state index >= 15 is 0 Å². The monoisotopic (exact) mass is 212 g/mol. The fraction of sp³-hybridized carbons (Fsp3) is 0.909. The first-order valence-electron chi connectivity index (χ1n) is 5.65. The van der Waals surface area contributed by atoms with Crippen molar-refractivity contribution in [1.29, 1.82) is 5.26 Å². The minimum atomic E-state index is -0.0742. The SMILES string of the molecule is CCNC(C#N)CCOCC1CCOC1. The Morgan fingerprint density at radius 2 is 2.53 bits per heavy atom. The molecular weight excluding hydrogens is 192 g/mol. The van der Waals surface area contributed by atoms with Gasteiger partial charge in [0, 0.05) is 19.1 Å². The molecule has 4 heteroatoms. The Morgan fingerprint density at radius 1 is 1.67 bits per heavy atom. The first-order chi connectivity index (χ1) is 7.36. The molecule has 0 aliphatic carbocycles. The van der Waals surface area contributed by atoms with Gasteiger partial charge in [-0.05, 0) is 19.4 Å². The van der Waals surface area contributed by atoms with E-state index in [9.17, 15) is 0 Å². The summed E-state index contributed by atoms with van der Waals surface area (Å²) in [6, 6.07) is 2.14. The molecule has 4 nitrogen and oxygen atoms in total. The Balaban J connectivity index is 1.97. The Bertz CT molecular complexity index is 197. The molecule has 0 saturated carbocycles. The van der Waals surface area contributed by atoms with Crippen molar-refractivity contribution in [2.45, 2.75) is 25.8 Å². The van der Waals surface area contributed by atoms with Crippen LogP contribution in [0.2, 0.25) is 0 Å². The number of ether oxygens (including phenoxy) is 2. The highest BCUT2D eigenvalue weighted by Gasteiger charge is 2.15. The molecule has 15 heavy (non-hydrogen) atoms. The first-order valence-corrected chi connectivity index (χ1v) is 5.65. The lowest BCUT2D eigenvalue weighted by molar-refractivity contribution is 0.0859. The lowest BCUT2D eigenvalue weighted by Gasteiger charge is -2.11. The normalized spacial score (nSPS) is 22.5. The summed E-state index contributed by atoms with van der Waals surface area (Å²) in [4.78, 5) is 0. The highest BCUT2D eigenvalue weighted by atomic mass is 16.5. The van der Waals surface area contributed by atoms with Crippen molar-refractivity contribution in [3.63, 3.8) is 0 Å². The van der Waals surface area contributed by atoms with Crippen molar-refractivity contribution in [3.8, 4) is 6.07 Å². The molecule has 1 rings (SSSR count). The van der Waals surface area contributed by atoms with Gasteiger partial charge in [-0.25, -0.2) is 0 Å². The molecule has 2 unspecified atom stereocenters. The van der Waals surface area contributed by atoms with Gasteiger partial charge in [-0.2, -0.15) is 5.26 Å². The Hall–Kier alpha value is -0.630. The zero-order chi connectivity index (χ0) is 10.9. The maximum absolute atomic E-state index is 8.78. The highest BCUT2D eigenvalue weighted by molar-refractivity contribution is 4.88. The molecule has 1 fully saturated rings. The fourth-order valence-electron chi connectivity index (χ4n) is 1.62. The van der Waals surface area contributed by atoms with Gasteiger partial charge in [0.05, 0.1) is 25.3 Å². The summed E-state index contributed by atoms with van der Waals surface area (Å²) in [5.41, 5.74) is 0. The molecule has 0 aromatic heterocycles. The second kappa shape index (κ2) is 7.63. The van der Waals surface area contributed by atoms with E-state index < -0.39 is 0 Å². The van der Waals surface area contributed by atoms with Crippen LogP contribution in [0.25, 0.3) is 0 Å². The molecule has 1 N–H and O–H groups in total. The molecule has 86 valence electrons. The van der Waals surface area contributed by atoms with Crippen molar-refractivity contribution in [2.24, 2.45) is 5.92 Å². The van der Waals surface area contributed by atoms with Crippen LogP contribution >= 0.6 is 0 Å². The third kappa shape index (κ3) is 5.12. The number of rotatable bonds is 7. The van der Waals surface area contributed by atoms with Gasteiger partial charge in [0.15, 0.2) is 0 Å². The van der Waals surface area contributed by atoms with Crippen LogP contribution in [0.5, 0.6) is 0 Å². The van der Waals surface area contributed by atoms with Crippen LogP contribution in [0.1, 0.15) is 19.8 Å². The van der Waals surface area contributed by atoms with Crippen molar-refractivity contribution in [2.75, 3.05) is 33.0 Å². The minimum Gasteiger partial charge on any atom is -0.381 e. The van der Waals surface area contributed by atoms with Crippen molar-refractivity contribution >= 4 is 0 Å². The number of nitrogens with zero attached hydrogens (tertiary/aromatic N) is 1. The fourth-order valence-corrected chi connectivity index (χ4v) is 1.62. The molecule has 0 aromatic carbocycles. The summed E-state index contributed by atoms with van der Waals surface area (Å²) in [5.74, 6) is 0.560. The number of hydrogen-bond acceptors (Lipinski definition) is 4. The van der Waals surface area contributed by atoms with Crippen LogP contribution in [-0.4, -0.2) is 39.0 Å². The molecule has 0 bridgehead atoms. The number of nitrogens with one attached hydrogen (secondary N) is 1. The van der Waals surface area contributed by atoms with Crippen LogP contribution in [0.15, 0.2) is 0 Å². The maximum atomic E-state index is 8.78. The largest absolute Gasteiger partial charge is 0.381 e. The minimum absolute atomic E-state index is 0.0742. The highest BCUT2D eigenvalue weighted by Crippen LogP contribution is 2.12. The van der Waals surface area contributed by atoms with E-state index in [4.69, 9.17) is 14.7 Å². The average molecular weight is 212 g/mol. The zero-order valence-electron chi connectivity index (χ0n) is 9.37. The smallest absolute Gasteiger partial charge is 0.0974 e. The van der Waals surface area contributed by atoms with Gasteiger partial charge in [0.2, 0.25) is 0 Å². The summed E-state index contributed by atoms with van der Waals surface area (Å²) in [6.07, 6.45) is 1.87. The van der Waals surface area contributed by atoms with E-state index in [1.54, 1.807) is 0 Å². The molecular formula is C11H20N2O2. The molecule has 1 heterocycles. The van der Waals surface area contributed by atoms with Crippen LogP contribution in [0, 0.1) is 17.2 Å². The molecule has 2 atom stereocenters. The lowest BCUT2D eigenvalue weighted by Crippen LogP contribution is -2.28. The molecule has 1 saturated heterocycles. The molecule has 0 amide bonds. The van der Waals surface area contributed by atoms with E-state index in [1.165, 1.54) is 0 Å². The predicted molar refractivity (Wildman–Crippen MR) is 57.4 cm³/mol. The van der Waals surface area contributed by atoms with Crippen LogP contribution in [0.3, 0.4) is 0 Å². The van der Waals surface area contributed by atoms with Crippen LogP contribution < -0.4 is 5.32 Å². The topological polar surface area (TPSA) is 54.3 Å². The van der Waals surface area contributed by atoms with Crippen molar-refractivity contribution < 1.29 is 9.47 Å². The first kappa shape index (κ1) is 12.4. The van der Waals surface area contributed by atoms with Gasteiger partial charge in [0.1, 0.15) is 0 Å². The molecule has 0 spiro atoms. The lowest BCUT2D eigenvalue weighted by atomic mass is 10.1. The molecule has 1 aliphatic rings. The second-order valence-electron chi connectivity index (χ2n) is 3.83. The predicted octanol–water partition coefficient (Wildman–Crippen LogP) is 0.931. The molecule has 0 radical (unpaired) electrons. The maximum Gasteiger partial charge on any atom is 0.0974 e. The van der Waals surface area contributed by atoms with Crippen LogP contribution in [-0.2, 0) is 9.47 Å². The van der Waals surface area contributed by atoms with Gasteiger partial charge >= 0.3 is 0 Å². The Labute approximate surface area is 91.6 Å². The van der Waals surface area contributed by atoms with Gasteiger partial charge in [-0.15, -0.1) is 0 Å². The molecule has 0 aromatic rings. The Morgan fingerprint density at radius 3 is 3.13 bits per heavy atom. The average Bonchev–Trinajstić information content (AvgIpc) is 2.75. The van der Waals surface area contributed by atoms with Gasteiger partial charge < -0.3 is 14.8 Å². The van der Waals surface area contributed by atoms with E-state index in [1.807, 2.05) is 6.92 Å². The van der Waals surface area contributed by atoms with E-state index in [-0.39, 0.29) is 6.04 Å². The van der Waals surface area contributed by atoms with Gasteiger partial charge in [-0.3, -0.25) is 0 Å². The van der Waals surface area contributed by atoms with Gasteiger partial charge in [-0.1, -0.05) is 6.92 Å². The van der Waals surface area contributed by atoms with Crippen molar-refractivity contribution in [1.82, 2.24) is 5.32 Å². The second-order valence-corrected chi connectivity index (χ2v) is 3.83. The third-order valence-electron chi connectivity index (χ3n) is 2.53. The van der Waals surface area contributed by atoms with Crippen molar-refractivity contribution in [3.05, 3.63) is 0 Å². The Kier molecular flexibility index (Phi) is 6.33. The zero-order valence-corrected chi connectivity index (χ0v) is 9.37. The van der Waals surface area contributed by atoms with E-state index in [2.05, 4.69) is 11.4 Å². The van der Waals surface area contributed by atoms with Crippen LogP contribution in [0.4, 0.5) is 0 Å². The van der Waals surface area contributed by atoms with E-state index in [0.717, 1.165) is 39.2 Å². The quantitative estimate of drug-likeness (QED) is 0.638. The third-order valence-corrected chi connectivity index (χ3v) is 2.53. The summed E-state index contributed by atoms with van der Waals surface area (Å²) in [6.45, 7) is 5.95. The molecule has 1 aliphatic heterocycles. The van der Waals surface area contributed by atoms with E-state index in [0.29, 0.717) is 12.5 Å². The number of nitriles is 1. The summed E-state index contributed by atoms with van der Waals surface area (Å²) >= 11 is 0. The summed E-state index contributed by atoms with van der Waals surface area (Å²) < 4.78 is 10.8. The number of hydrogen-bond donors (Lipinski definition) is 1. The summed E-state index contributed by atoms with van der Waals surface area (Å²) in [7, 11) is 0. The summed E-state index contributed by atoms with van der Waals surface area (Å²) in [5, 5.41) is 11.9. The standard InChI is InChI=1S/C11H20N2O2/c1-2-13-11(7-12)4-6-15-9-10-3-5-14-8-10/h10-11,13H,2-6,8-9H2,1H3.